The molecule has 0 aliphatic rings. The van der Waals surface area contributed by atoms with Gasteiger partial charge in [0.05, 0.1) is 31.1 Å². The zero-order valence-corrected chi connectivity index (χ0v) is 19.3. The second-order valence-corrected chi connectivity index (χ2v) is 8.06. The minimum absolute atomic E-state index is 0.0481. The van der Waals surface area contributed by atoms with Crippen molar-refractivity contribution in [2.75, 3.05) is 10.6 Å². The highest BCUT2D eigenvalue weighted by Gasteiger charge is 2.25. The van der Waals surface area contributed by atoms with Crippen LogP contribution in [0.25, 0.3) is 10.9 Å². The van der Waals surface area contributed by atoms with Gasteiger partial charge in [-0.1, -0.05) is 25.5 Å². The van der Waals surface area contributed by atoms with Gasteiger partial charge < -0.3 is 10.2 Å². The minimum atomic E-state index is -0.757. The Bertz CT molecular complexity index is 1520. The van der Waals surface area contributed by atoms with Gasteiger partial charge in [0.15, 0.2) is 5.69 Å². The molecular formula is C24H26N6O5. The number of hydrogen-bond acceptors (Lipinski definition) is 7. The summed E-state index contributed by atoms with van der Waals surface area (Å²) >= 11 is 0. The first-order valence-electron chi connectivity index (χ1n) is 11.3. The SMILES string of the molecule is CCCCn1c(N)c(N(Cc2ccco2)C(=O)CCn2ncc(=O)c3ccccc32)c(=O)[nH]c1=O. The maximum Gasteiger partial charge on any atom is 0.330 e. The third-order valence-corrected chi connectivity index (χ3v) is 5.71. The number of anilines is 2. The third-order valence-electron chi connectivity index (χ3n) is 5.71. The van der Waals surface area contributed by atoms with Crippen LogP contribution in [-0.2, 0) is 24.4 Å². The Morgan fingerprint density at radius 1 is 1.14 bits per heavy atom. The van der Waals surface area contributed by atoms with E-state index < -0.39 is 17.2 Å². The number of amides is 1. The highest BCUT2D eigenvalue weighted by Crippen LogP contribution is 2.21. The van der Waals surface area contributed by atoms with E-state index in [4.69, 9.17) is 10.2 Å². The van der Waals surface area contributed by atoms with E-state index in [9.17, 15) is 19.2 Å². The number of nitrogens with zero attached hydrogens (tertiary/aromatic N) is 4. The van der Waals surface area contributed by atoms with E-state index in [0.717, 1.165) is 6.42 Å². The number of nitrogens with one attached hydrogen (secondary N) is 1. The second kappa shape index (κ2) is 10.2. The van der Waals surface area contributed by atoms with Crippen LogP contribution in [-0.4, -0.2) is 25.2 Å². The number of aromatic nitrogens is 4. The number of nitrogen functional groups attached to an aromatic ring is 1. The van der Waals surface area contributed by atoms with Crippen molar-refractivity contribution in [2.45, 2.75) is 45.8 Å². The molecular weight excluding hydrogens is 452 g/mol. The van der Waals surface area contributed by atoms with Crippen molar-refractivity contribution in [1.29, 1.82) is 0 Å². The van der Waals surface area contributed by atoms with Crippen molar-refractivity contribution in [3.05, 3.63) is 85.7 Å². The molecule has 182 valence electrons. The lowest BCUT2D eigenvalue weighted by atomic mass is 10.2. The van der Waals surface area contributed by atoms with Crippen molar-refractivity contribution in [1.82, 2.24) is 19.3 Å². The first-order chi connectivity index (χ1) is 16.9. The number of carbonyl (C=O) groups excluding carboxylic acids is 1. The molecule has 0 bridgehead atoms. The molecule has 11 heteroatoms. The molecule has 0 fully saturated rings. The average molecular weight is 479 g/mol. The summed E-state index contributed by atoms with van der Waals surface area (Å²) in [5, 5.41) is 4.65. The summed E-state index contributed by atoms with van der Waals surface area (Å²) in [5.74, 6) is -0.0710. The number of para-hydroxylation sites is 1. The molecule has 1 aromatic carbocycles. The molecule has 4 aromatic rings. The molecule has 0 spiro atoms. The predicted molar refractivity (Wildman–Crippen MR) is 131 cm³/mol. The van der Waals surface area contributed by atoms with Gasteiger partial charge in [-0.05, 0) is 30.7 Å². The molecule has 11 nitrogen and oxygen atoms in total. The summed E-state index contributed by atoms with van der Waals surface area (Å²) in [6.07, 6.45) is 4.11. The first kappa shape index (κ1) is 23.7. The summed E-state index contributed by atoms with van der Waals surface area (Å²) in [6, 6.07) is 10.3. The zero-order valence-electron chi connectivity index (χ0n) is 19.3. The molecule has 0 radical (unpaired) electrons. The number of benzene rings is 1. The number of aromatic amines is 1. The molecule has 0 unspecified atom stereocenters. The van der Waals surface area contributed by atoms with Crippen molar-refractivity contribution >= 4 is 28.3 Å². The van der Waals surface area contributed by atoms with Crippen molar-refractivity contribution < 1.29 is 9.21 Å². The molecule has 0 saturated carbocycles. The Morgan fingerprint density at radius 2 is 1.94 bits per heavy atom. The van der Waals surface area contributed by atoms with Crippen LogP contribution in [0.3, 0.4) is 0 Å². The van der Waals surface area contributed by atoms with E-state index in [1.807, 2.05) is 6.92 Å². The second-order valence-electron chi connectivity index (χ2n) is 8.06. The van der Waals surface area contributed by atoms with E-state index in [2.05, 4.69) is 10.1 Å². The number of aryl methyl sites for hydroxylation is 1. The molecule has 1 amide bonds. The Morgan fingerprint density at radius 3 is 2.69 bits per heavy atom. The van der Waals surface area contributed by atoms with E-state index in [1.54, 1.807) is 41.1 Å². The smallest absolute Gasteiger partial charge is 0.330 e. The van der Waals surface area contributed by atoms with Gasteiger partial charge in [0.25, 0.3) is 5.56 Å². The normalized spacial score (nSPS) is 11.1. The standard InChI is InChI=1S/C24H26N6O5/c1-2-3-11-28-22(25)21(23(33)27-24(28)34)29(15-16-7-6-13-35-16)20(32)10-12-30-18-9-5-4-8-17(18)19(31)14-26-30/h4-9,13-14H,2-3,10-12,15,25H2,1H3,(H,27,33,34). The van der Waals surface area contributed by atoms with Gasteiger partial charge in [-0.2, -0.15) is 5.10 Å². The summed E-state index contributed by atoms with van der Waals surface area (Å²) in [7, 11) is 0. The van der Waals surface area contributed by atoms with Crippen molar-refractivity contribution in [3.8, 4) is 0 Å². The summed E-state index contributed by atoms with van der Waals surface area (Å²) in [5.41, 5.74) is 5.15. The predicted octanol–water partition coefficient (Wildman–Crippen LogP) is 1.85. The minimum Gasteiger partial charge on any atom is -0.467 e. The highest BCUT2D eigenvalue weighted by atomic mass is 16.3. The third kappa shape index (κ3) is 4.93. The van der Waals surface area contributed by atoms with E-state index in [0.29, 0.717) is 29.6 Å². The molecule has 0 atom stereocenters. The number of furan rings is 1. The number of fused-ring (bicyclic) bond motifs is 1. The Hall–Kier alpha value is -4.41. The first-order valence-corrected chi connectivity index (χ1v) is 11.3. The fourth-order valence-corrected chi connectivity index (χ4v) is 3.90. The summed E-state index contributed by atoms with van der Waals surface area (Å²) in [6.45, 7) is 2.38. The van der Waals surface area contributed by atoms with Crippen molar-refractivity contribution in [3.63, 3.8) is 0 Å². The van der Waals surface area contributed by atoms with Gasteiger partial charge in [-0.15, -0.1) is 0 Å². The zero-order chi connectivity index (χ0) is 24.9. The van der Waals surface area contributed by atoms with Crippen LogP contribution in [0.2, 0.25) is 0 Å². The molecule has 3 heterocycles. The molecule has 3 N–H and O–H groups in total. The summed E-state index contributed by atoms with van der Waals surface area (Å²) in [4.78, 5) is 54.2. The number of hydrogen-bond donors (Lipinski definition) is 2. The van der Waals surface area contributed by atoms with Gasteiger partial charge in [-0.25, -0.2) is 4.79 Å². The lowest BCUT2D eigenvalue weighted by molar-refractivity contribution is -0.119. The van der Waals surface area contributed by atoms with Crippen LogP contribution in [0.15, 0.2) is 67.7 Å². The summed E-state index contributed by atoms with van der Waals surface area (Å²) < 4.78 is 8.23. The quantitative estimate of drug-likeness (QED) is 0.373. The molecule has 35 heavy (non-hydrogen) atoms. The van der Waals surface area contributed by atoms with E-state index in [-0.39, 0.29) is 36.4 Å². The van der Waals surface area contributed by atoms with Crippen LogP contribution >= 0.6 is 0 Å². The van der Waals surface area contributed by atoms with Gasteiger partial charge >= 0.3 is 5.69 Å². The highest BCUT2D eigenvalue weighted by molar-refractivity contribution is 5.95. The maximum atomic E-state index is 13.4. The van der Waals surface area contributed by atoms with Gasteiger partial charge in [-0.3, -0.25) is 33.5 Å². The number of rotatable bonds is 9. The lowest BCUT2D eigenvalue weighted by Gasteiger charge is -2.24. The lowest BCUT2D eigenvalue weighted by Crippen LogP contribution is -2.41. The topological polar surface area (TPSA) is 149 Å². The maximum absolute atomic E-state index is 13.4. The van der Waals surface area contributed by atoms with Gasteiger partial charge in [0.1, 0.15) is 11.6 Å². The van der Waals surface area contributed by atoms with E-state index >= 15 is 0 Å². The van der Waals surface area contributed by atoms with Gasteiger partial charge in [0.2, 0.25) is 11.3 Å². The monoisotopic (exact) mass is 478 g/mol. The van der Waals surface area contributed by atoms with Crippen LogP contribution < -0.4 is 27.3 Å². The van der Waals surface area contributed by atoms with Crippen LogP contribution in [0.4, 0.5) is 11.5 Å². The molecule has 4 rings (SSSR count). The van der Waals surface area contributed by atoms with Crippen LogP contribution in [0.5, 0.6) is 0 Å². The number of carbonyl (C=O) groups is 1. The largest absolute Gasteiger partial charge is 0.467 e. The Balaban J connectivity index is 1.70. The van der Waals surface area contributed by atoms with E-state index in [1.165, 1.54) is 21.9 Å². The van der Waals surface area contributed by atoms with Gasteiger partial charge in [0, 0.05) is 18.4 Å². The van der Waals surface area contributed by atoms with Crippen LogP contribution in [0, 0.1) is 0 Å². The van der Waals surface area contributed by atoms with Crippen LogP contribution in [0.1, 0.15) is 31.9 Å². The molecule has 3 aromatic heterocycles. The van der Waals surface area contributed by atoms with Crippen molar-refractivity contribution in [2.24, 2.45) is 0 Å². The number of H-pyrrole nitrogens is 1. The number of nitrogens with two attached hydrogens (primary N) is 1. The Kier molecular flexibility index (Phi) is 6.95. The Labute approximate surface area is 199 Å². The molecule has 0 saturated heterocycles. The number of unbranched alkanes of at least 4 members (excludes halogenated alkanes) is 1. The fraction of sp³-hybridized carbons (Fsp3) is 0.292. The average Bonchev–Trinajstić information content (AvgIpc) is 3.36. The molecule has 0 aliphatic heterocycles. The molecule has 0 aliphatic carbocycles. The fourth-order valence-electron chi connectivity index (χ4n) is 3.90.